The zero-order chi connectivity index (χ0) is 15.2. The van der Waals surface area contributed by atoms with Crippen molar-refractivity contribution in [1.82, 2.24) is 14.7 Å². The average molecular weight is 303 g/mol. The molecule has 0 atom stereocenters. The number of hydrogen-bond donors (Lipinski definition) is 1. The van der Waals surface area contributed by atoms with E-state index in [9.17, 15) is 4.79 Å². The Kier molecular flexibility index (Phi) is 5.14. The molecule has 110 valence electrons. The van der Waals surface area contributed by atoms with Gasteiger partial charge in [0, 0.05) is 33.3 Å². The quantitative estimate of drug-likeness (QED) is 0.871. The van der Waals surface area contributed by atoms with Crippen molar-refractivity contribution in [3.05, 3.63) is 39.8 Å². The molecule has 1 amide bonds. The topological polar surface area (TPSA) is 58.4 Å². The van der Waals surface area contributed by atoms with Gasteiger partial charge in [-0.25, -0.2) is 0 Å². The van der Waals surface area contributed by atoms with Crippen LogP contribution in [0.4, 0.5) is 0 Å². The number of hydrogen-bond acceptors (Lipinski definition) is 4. The van der Waals surface area contributed by atoms with Crippen LogP contribution >= 0.6 is 11.3 Å². The fourth-order valence-corrected chi connectivity index (χ4v) is 2.57. The highest BCUT2D eigenvalue weighted by molar-refractivity contribution is 7.10. The molecule has 0 spiro atoms. The molecule has 0 fully saturated rings. The first-order valence-corrected chi connectivity index (χ1v) is 7.40. The van der Waals surface area contributed by atoms with Crippen molar-refractivity contribution in [2.45, 2.75) is 13.0 Å². The lowest BCUT2D eigenvalue weighted by molar-refractivity contribution is 0.0778. The largest absolute Gasteiger partial charge is 0.395 e. The number of aromatic nitrogens is 2. The molecule has 0 unspecified atom stereocenters. The highest BCUT2D eigenvalue weighted by atomic mass is 32.1. The highest BCUT2D eigenvalue weighted by Crippen LogP contribution is 2.16. The van der Waals surface area contributed by atoms with Gasteiger partial charge in [0.05, 0.1) is 11.5 Å². The van der Waals surface area contributed by atoms with E-state index in [1.54, 1.807) is 47.3 Å². The van der Waals surface area contributed by atoms with Gasteiger partial charge in [-0.2, -0.15) is 5.10 Å². The van der Waals surface area contributed by atoms with Crippen LogP contribution < -0.4 is 0 Å². The lowest BCUT2D eigenvalue weighted by Crippen LogP contribution is -2.26. The molecule has 0 saturated carbocycles. The summed E-state index contributed by atoms with van der Waals surface area (Å²) >= 11 is 1.54. The number of aryl methyl sites for hydroxylation is 1. The van der Waals surface area contributed by atoms with Crippen LogP contribution in [0.1, 0.15) is 27.3 Å². The molecule has 0 aromatic carbocycles. The van der Waals surface area contributed by atoms with Crippen LogP contribution in [0.2, 0.25) is 0 Å². The zero-order valence-corrected chi connectivity index (χ0v) is 12.9. The molecule has 2 heterocycles. The lowest BCUT2D eigenvalue weighted by atomic mass is 10.2. The smallest absolute Gasteiger partial charge is 0.274 e. The van der Waals surface area contributed by atoms with Crippen molar-refractivity contribution in [3.63, 3.8) is 0 Å². The Morgan fingerprint density at radius 3 is 3.05 bits per heavy atom. The molecule has 1 N–H and O–H groups in total. The number of amides is 1. The Hall–Kier alpha value is -2.10. The monoisotopic (exact) mass is 303 g/mol. The van der Waals surface area contributed by atoms with Crippen LogP contribution in [0.25, 0.3) is 0 Å². The maximum absolute atomic E-state index is 12.2. The Morgan fingerprint density at radius 1 is 1.57 bits per heavy atom. The molecule has 6 heteroatoms. The molecule has 0 aliphatic carbocycles. The molecule has 21 heavy (non-hydrogen) atoms. The standard InChI is InChI=1S/C15H17N3O2S/c1-17(15(20)14-6-7-18(2)16-14)10-12-9-13(21-11-12)5-3-4-8-19/h6-7,9,11,19H,4,8,10H2,1-2H3. The Labute approximate surface area is 127 Å². The van der Waals surface area contributed by atoms with Gasteiger partial charge in [0.2, 0.25) is 0 Å². The third kappa shape index (κ3) is 4.18. The number of carbonyl (C=O) groups excluding carboxylic acids is 1. The summed E-state index contributed by atoms with van der Waals surface area (Å²) < 4.78 is 1.61. The fourth-order valence-electron chi connectivity index (χ4n) is 1.80. The summed E-state index contributed by atoms with van der Waals surface area (Å²) in [6, 6.07) is 3.68. The second kappa shape index (κ2) is 7.07. The third-order valence-corrected chi connectivity index (χ3v) is 3.70. The van der Waals surface area contributed by atoms with Crippen LogP contribution in [0, 0.1) is 11.8 Å². The number of aliphatic hydroxyl groups excluding tert-OH is 1. The second-order valence-corrected chi connectivity index (χ2v) is 5.54. The van der Waals surface area contributed by atoms with Crippen molar-refractivity contribution in [1.29, 1.82) is 0 Å². The summed E-state index contributed by atoms with van der Waals surface area (Å²) in [4.78, 5) is 14.8. The first-order valence-electron chi connectivity index (χ1n) is 6.52. The van der Waals surface area contributed by atoms with E-state index in [0.717, 1.165) is 10.4 Å². The summed E-state index contributed by atoms with van der Waals surface area (Å²) in [5, 5.41) is 14.8. The Morgan fingerprint density at radius 2 is 2.38 bits per heavy atom. The van der Waals surface area contributed by atoms with E-state index in [-0.39, 0.29) is 12.5 Å². The van der Waals surface area contributed by atoms with Gasteiger partial charge in [0.25, 0.3) is 5.91 Å². The number of thiophene rings is 1. The third-order valence-electron chi connectivity index (χ3n) is 2.80. The Bertz CT molecular complexity index is 678. The molecule has 5 nitrogen and oxygen atoms in total. The maximum atomic E-state index is 12.2. The first kappa shape index (κ1) is 15.3. The molecule has 2 aromatic heterocycles. The van der Waals surface area contributed by atoms with E-state index in [2.05, 4.69) is 16.9 Å². The van der Waals surface area contributed by atoms with Crippen LogP contribution in [0.15, 0.2) is 23.7 Å². The van der Waals surface area contributed by atoms with Gasteiger partial charge in [-0.1, -0.05) is 11.8 Å². The van der Waals surface area contributed by atoms with Gasteiger partial charge in [-0.15, -0.1) is 11.3 Å². The van der Waals surface area contributed by atoms with Crippen molar-refractivity contribution in [3.8, 4) is 11.8 Å². The number of aliphatic hydroxyl groups is 1. The Balaban J connectivity index is 1.98. The fraction of sp³-hybridized carbons (Fsp3) is 0.333. The van der Waals surface area contributed by atoms with E-state index >= 15 is 0 Å². The van der Waals surface area contributed by atoms with E-state index in [0.29, 0.717) is 18.7 Å². The second-order valence-electron chi connectivity index (χ2n) is 4.63. The summed E-state index contributed by atoms with van der Waals surface area (Å²) in [7, 11) is 3.54. The van der Waals surface area contributed by atoms with Crippen molar-refractivity contribution in [2.24, 2.45) is 7.05 Å². The predicted molar refractivity (Wildman–Crippen MR) is 81.9 cm³/mol. The number of rotatable bonds is 4. The summed E-state index contributed by atoms with van der Waals surface area (Å²) in [5.74, 6) is 5.78. The predicted octanol–water partition coefficient (Wildman–Crippen LogP) is 1.49. The maximum Gasteiger partial charge on any atom is 0.274 e. The molecule has 0 bridgehead atoms. The average Bonchev–Trinajstić information content (AvgIpc) is 3.07. The van der Waals surface area contributed by atoms with Crippen LogP contribution in [0.5, 0.6) is 0 Å². The minimum Gasteiger partial charge on any atom is -0.395 e. The summed E-state index contributed by atoms with van der Waals surface area (Å²) in [6.07, 6.45) is 2.23. The van der Waals surface area contributed by atoms with Gasteiger partial charge in [-0.05, 0) is 23.1 Å². The van der Waals surface area contributed by atoms with E-state index < -0.39 is 0 Å². The van der Waals surface area contributed by atoms with Crippen molar-refractivity contribution >= 4 is 17.2 Å². The zero-order valence-electron chi connectivity index (χ0n) is 12.0. The van der Waals surface area contributed by atoms with Gasteiger partial charge >= 0.3 is 0 Å². The van der Waals surface area contributed by atoms with Crippen LogP contribution in [-0.4, -0.2) is 39.3 Å². The first-order chi connectivity index (χ1) is 10.1. The molecule has 0 aliphatic rings. The summed E-state index contributed by atoms with van der Waals surface area (Å²) in [6.45, 7) is 0.597. The molecule has 2 aromatic rings. The van der Waals surface area contributed by atoms with Crippen LogP contribution in [0.3, 0.4) is 0 Å². The van der Waals surface area contributed by atoms with Crippen molar-refractivity contribution < 1.29 is 9.90 Å². The van der Waals surface area contributed by atoms with Gasteiger partial charge in [0.1, 0.15) is 5.69 Å². The van der Waals surface area contributed by atoms with E-state index in [1.807, 2.05) is 11.4 Å². The van der Waals surface area contributed by atoms with Gasteiger partial charge < -0.3 is 10.0 Å². The molecule has 2 rings (SSSR count). The molecule has 0 aliphatic heterocycles. The molecular formula is C15H17N3O2S. The summed E-state index contributed by atoms with van der Waals surface area (Å²) in [5.41, 5.74) is 1.48. The lowest BCUT2D eigenvalue weighted by Gasteiger charge is -2.14. The van der Waals surface area contributed by atoms with Gasteiger partial charge in [0.15, 0.2) is 0 Å². The van der Waals surface area contributed by atoms with Gasteiger partial charge in [-0.3, -0.25) is 9.48 Å². The minimum atomic E-state index is -0.102. The minimum absolute atomic E-state index is 0.0759. The van der Waals surface area contributed by atoms with E-state index in [4.69, 9.17) is 5.11 Å². The molecule has 0 saturated heterocycles. The van der Waals surface area contributed by atoms with Crippen molar-refractivity contribution in [2.75, 3.05) is 13.7 Å². The normalized spacial score (nSPS) is 10.0. The van der Waals surface area contributed by atoms with Crippen LogP contribution in [-0.2, 0) is 13.6 Å². The number of carbonyl (C=O) groups is 1. The SMILES string of the molecule is CN(Cc1csc(C#CCCO)c1)C(=O)c1ccn(C)n1. The highest BCUT2D eigenvalue weighted by Gasteiger charge is 2.15. The number of nitrogens with zero attached hydrogens (tertiary/aromatic N) is 3. The molecule has 0 radical (unpaired) electrons. The molecular weight excluding hydrogens is 286 g/mol. The van der Waals surface area contributed by atoms with E-state index in [1.165, 1.54) is 0 Å².